The van der Waals surface area contributed by atoms with Crippen LogP contribution in [0.5, 0.6) is 0 Å². The number of amides is 1. The van der Waals surface area contributed by atoms with Crippen LogP contribution in [-0.2, 0) is 11.2 Å². The van der Waals surface area contributed by atoms with Gasteiger partial charge in [0.2, 0.25) is 6.41 Å². The molecule has 1 aromatic rings. The van der Waals surface area contributed by atoms with E-state index in [0.717, 1.165) is 25.4 Å². The van der Waals surface area contributed by atoms with E-state index < -0.39 is 0 Å². The summed E-state index contributed by atoms with van der Waals surface area (Å²) >= 11 is 0. The molecule has 1 saturated heterocycles. The zero-order valence-electron chi connectivity index (χ0n) is 11.1. The van der Waals surface area contributed by atoms with Gasteiger partial charge in [-0.2, -0.15) is 0 Å². The number of rotatable bonds is 3. The molecule has 3 rings (SSSR count). The van der Waals surface area contributed by atoms with Gasteiger partial charge in [0.25, 0.3) is 0 Å². The van der Waals surface area contributed by atoms with Crippen LogP contribution in [0.3, 0.4) is 0 Å². The van der Waals surface area contributed by atoms with Gasteiger partial charge < -0.3 is 4.90 Å². The maximum absolute atomic E-state index is 10.7. The molecule has 0 bridgehead atoms. The number of carbonyl (C=O) groups is 1. The van der Waals surface area contributed by atoms with Crippen molar-refractivity contribution in [2.75, 3.05) is 13.1 Å². The van der Waals surface area contributed by atoms with Crippen LogP contribution in [0.4, 0.5) is 0 Å². The van der Waals surface area contributed by atoms with Gasteiger partial charge >= 0.3 is 0 Å². The summed E-state index contributed by atoms with van der Waals surface area (Å²) in [5.41, 5.74) is 3.28. The standard InChI is InChI=1S/C16H21NO/c1-13-2-4-14(5-3-13)8-15-6-7-16(9-15)10-17(11-16)12-18/h2-5,12,15H,6-11H2,1H3. The summed E-state index contributed by atoms with van der Waals surface area (Å²) in [4.78, 5) is 12.6. The summed E-state index contributed by atoms with van der Waals surface area (Å²) in [5, 5.41) is 0. The molecule has 0 radical (unpaired) electrons. The third-order valence-electron chi connectivity index (χ3n) is 4.68. The highest BCUT2D eigenvalue weighted by atomic mass is 16.1. The van der Waals surface area contributed by atoms with E-state index >= 15 is 0 Å². The van der Waals surface area contributed by atoms with E-state index in [1.165, 1.54) is 36.8 Å². The van der Waals surface area contributed by atoms with E-state index in [9.17, 15) is 4.79 Å². The molecule has 1 heterocycles. The number of nitrogens with zero attached hydrogens (tertiary/aromatic N) is 1. The highest BCUT2D eigenvalue weighted by molar-refractivity contribution is 5.49. The fourth-order valence-corrected chi connectivity index (χ4v) is 3.74. The van der Waals surface area contributed by atoms with Gasteiger partial charge in [-0.3, -0.25) is 4.79 Å². The molecule has 1 aliphatic carbocycles. The van der Waals surface area contributed by atoms with Crippen LogP contribution in [0.15, 0.2) is 24.3 Å². The lowest BCUT2D eigenvalue weighted by Gasteiger charge is -2.46. The minimum atomic E-state index is 0.482. The zero-order chi connectivity index (χ0) is 12.6. The second-order valence-corrected chi connectivity index (χ2v) is 6.31. The summed E-state index contributed by atoms with van der Waals surface area (Å²) in [6, 6.07) is 8.94. The van der Waals surface area contributed by atoms with Gasteiger partial charge in [-0.15, -0.1) is 0 Å². The predicted octanol–water partition coefficient (Wildman–Crippen LogP) is 2.80. The number of likely N-dealkylation sites (tertiary alicyclic amines) is 1. The molecule has 1 amide bonds. The third-order valence-corrected chi connectivity index (χ3v) is 4.68. The molecule has 1 saturated carbocycles. The van der Waals surface area contributed by atoms with Gasteiger partial charge in [-0.25, -0.2) is 0 Å². The maximum Gasteiger partial charge on any atom is 0.209 e. The third kappa shape index (κ3) is 2.16. The van der Waals surface area contributed by atoms with Crippen molar-refractivity contribution in [3.8, 4) is 0 Å². The number of aryl methyl sites for hydroxylation is 1. The maximum atomic E-state index is 10.7. The molecular weight excluding hydrogens is 222 g/mol. The van der Waals surface area contributed by atoms with E-state index in [2.05, 4.69) is 31.2 Å². The molecule has 2 aliphatic rings. The minimum Gasteiger partial charge on any atom is -0.344 e. The van der Waals surface area contributed by atoms with Gasteiger partial charge in [0.1, 0.15) is 0 Å². The molecule has 1 spiro atoms. The molecule has 2 heteroatoms. The summed E-state index contributed by atoms with van der Waals surface area (Å²) in [7, 11) is 0. The normalized spacial score (nSPS) is 25.2. The largest absolute Gasteiger partial charge is 0.344 e. The lowest BCUT2D eigenvalue weighted by molar-refractivity contribution is -0.129. The highest BCUT2D eigenvalue weighted by Crippen LogP contribution is 2.48. The number of hydrogen-bond acceptors (Lipinski definition) is 1. The molecule has 1 aromatic carbocycles. The number of benzene rings is 1. The fraction of sp³-hybridized carbons (Fsp3) is 0.562. The van der Waals surface area contributed by atoms with Crippen molar-refractivity contribution in [2.45, 2.75) is 32.6 Å². The Morgan fingerprint density at radius 2 is 2.06 bits per heavy atom. The average molecular weight is 243 g/mol. The zero-order valence-corrected chi connectivity index (χ0v) is 11.1. The first-order chi connectivity index (χ1) is 8.69. The molecule has 0 N–H and O–H groups in total. The van der Waals surface area contributed by atoms with Crippen LogP contribution >= 0.6 is 0 Å². The first-order valence-corrected chi connectivity index (χ1v) is 6.94. The van der Waals surface area contributed by atoms with Crippen LogP contribution in [0.1, 0.15) is 30.4 Å². The fourth-order valence-electron chi connectivity index (χ4n) is 3.74. The van der Waals surface area contributed by atoms with Crippen molar-refractivity contribution in [1.29, 1.82) is 0 Å². The Morgan fingerprint density at radius 3 is 2.72 bits per heavy atom. The topological polar surface area (TPSA) is 20.3 Å². The van der Waals surface area contributed by atoms with E-state index in [0.29, 0.717) is 5.41 Å². The molecular formula is C16H21NO. The Labute approximate surface area is 109 Å². The van der Waals surface area contributed by atoms with Crippen molar-refractivity contribution >= 4 is 6.41 Å². The second kappa shape index (κ2) is 4.42. The van der Waals surface area contributed by atoms with Gasteiger partial charge in [-0.1, -0.05) is 29.8 Å². The first kappa shape index (κ1) is 11.8. The highest BCUT2D eigenvalue weighted by Gasteiger charge is 2.47. The van der Waals surface area contributed by atoms with E-state index in [4.69, 9.17) is 0 Å². The molecule has 2 fully saturated rings. The Hall–Kier alpha value is -1.31. The lowest BCUT2D eigenvalue weighted by atomic mass is 9.77. The molecule has 0 aromatic heterocycles. The summed E-state index contributed by atoms with van der Waals surface area (Å²) < 4.78 is 0. The first-order valence-electron chi connectivity index (χ1n) is 6.94. The quantitative estimate of drug-likeness (QED) is 0.748. The second-order valence-electron chi connectivity index (χ2n) is 6.31. The molecule has 1 aliphatic heterocycles. The lowest BCUT2D eigenvalue weighted by Crippen LogP contribution is -2.54. The van der Waals surface area contributed by atoms with E-state index in [-0.39, 0.29) is 0 Å². The van der Waals surface area contributed by atoms with Crippen molar-refractivity contribution in [1.82, 2.24) is 4.90 Å². The van der Waals surface area contributed by atoms with E-state index in [1.54, 1.807) is 0 Å². The molecule has 96 valence electrons. The van der Waals surface area contributed by atoms with Crippen LogP contribution < -0.4 is 0 Å². The van der Waals surface area contributed by atoms with Crippen LogP contribution in [-0.4, -0.2) is 24.4 Å². The van der Waals surface area contributed by atoms with Gasteiger partial charge in [-0.05, 0) is 44.1 Å². The van der Waals surface area contributed by atoms with Crippen molar-refractivity contribution in [2.24, 2.45) is 11.3 Å². The predicted molar refractivity (Wildman–Crippen MR) is 72.3 cm³/mol. The average Bonchev–Trinajstić information content (AvgIpc) is 2.74. The van der Waals surface area contributed by atoms with Crippen molar-refractivity contribution in [3.05, 3.63) is 35.4 Å². The summed E-state index contributed by atoms with van der Waals surface area (Å²) in [5.74, 6) is 0.821. The van der Waals surface area contributed by atoms with Gasteiger partial charge in [0.05, 0.1) is 0 Å². The minimum absolute atomic E-state index is 0.482. The molecule has 1 unspecified atom stereocenters. The monoisotopic (exact) mass is 243 g/mol. The Bertz CT molecular complexity index is 431. The number of hydrogen-bond donors (Lipinski definition) is 0. The van der Waals surface area contributed by atoms with Crippen LogP contribution in [0, 0.1) is 18.3 Å². The molecule has 18 heavy (non-hydrogen) atoms. The summed E-state index contributed by atoms with van der Waals surface area (Å²) in [6.07, 6.45) is 6.17. The summed E-state index contributed by atoms with van der Waals surface area (Å²) in [6.45, 7) is 4.14. The van der Waals surface area contributed by atoms with Gasteiger partial charge in [0, 0.05) is 18.5 Å². The number of carbonyl (C=O) groups excluding carboxylic acids is 1. The Kier molecular flexibility index (Phi) is 2.89. The molecule has 1 atom stereocenters. The van der Waals surface area contributed by atoms with E-state index in [1.807, 2.05) is 4.90 Å². The smallest absolute Gasteiger partial charge is 0.209 e. The Morgan fingerprint density at radius 1 is 1.33 bits per heavy atom. The van der Waals surface area contributed by atoms with Gasteiger partial charge in [0.15, 0.2) is 0 Å². The van der Waals surface area contributed by atoms with Crippen molar-refractivity contribution in [3.63, 3.8) is 0 Å². The Balaban J connectivity index is 1.57. The molecule has 2 nitrogen and oxygen atoms in total. The van der Waals surface area contributed by atoms with Crippen molar-refractivity contribution < 1.29 is 4.79 Å². The SMILES string of the molecule is Cc1ccc(CC2CCC3(C2)CN(C=O)C3)cc1. The van der Waals surface area contributed by atoms with Crippen LogP contribution in [0.2, 0.25) is 0 Å². The van der Waals surface area contributed by atoms with Crippen LogP contribution in [0.25, 0.3) is 0 Å².